The Kier molecular flexibility index (Phi) is 5.59. The molecule has 0 N–H and O–H groups in total. The van der Waals surface area contributed by atoms with Gasteiger partial charge in [0, 0.05) is 19.6 Å². The highest BCUT2D eigenvalue weighted by atomic mass is 32.2. The lowest BCUT2D eigenvalue weighted by atomic mass is 9.97. The maximum absolute atomic E-state index is 13.1. The van der Waals surface area contributed by atoms with E-state index in [-0.39, 0.29) is 24.5 Å². The fourth-order valence-electron chi connectivity index (χ4n) is 3.81. The number of thiophene rings is 1. The number of amides is 1. The Labute approximate surface area is 168 Å². The minimum absolute atomic E-state index is 0.00246. The Morgan fingerprint density at radius 3 is 2.79 bits per heavy atom. The predicted octanol–water partition coefficient (Wildman–Crippen LogP) is 2.65. The molecule has 28 heavy (non-hydrogen) atoms. The minimum atomic E-state index is -3.53. The van der Waals surface area contributed by atoms with Gasteiger partial charge < -0.3 is 14.1 Å². The second-order valence-electron chi connectivity index (χ2n) is 7.23. The number of rotatable bonds is 4. The maximum Gasteiger partial charge on any atom is 0.252 e. The van der Waals surface area contributed by atoms with Crippen LogP contribution in [0.4, 0.5) is 0 Å². The first-order valence-electron chi connectivity index (χ1n) is 9.45. The molecule has 2 atom stereocenters. The summed E-state index contributed by atoms with van der Waals surface area (Å²) in [6.45, 7) is 3.96. The minimum Gasteiger partial charge on any atom is -0.464 e. The number of aryl methyl sites for hydroxylation is 1. The summed E-state index contributed by atoms with van der Waals surface area (Å²) in [6.07, 6.45) is 1.12. The van der Waals surface area contributed by atoms with Crippen LogP contribution in [-0.2, 0) is 19.6 Å². The SMILES string of the molecule is Cc1ccc(C2CN(C(=O)C3CCCN(S(=O)(=O)c4cccs4)C3)CCO2)o1. The van der Waals surface area contributed by atoms with Crippen LogP contribution < -0.4 is 0 Å². The summed E-state index contributed by atoms with van der Waals surface area (Å²) in [5.74, 6) is 1.22. The van der Waals surface area contributed by atoms with E-state index in [1.807, 2.05) is 19.1 Å². The monoisotopic (exact) mass is 424 g/mol. The van der Waals surface area contributed by atoms with E-state index < -0.39 is 10.0 Å². The fourth-order valence-corrected chi connectivity index (χ4v) is 6.47. The predicted molar refractivity (Wildman–Crippen MR) is 105 cm³/mol. The highest BCUT2D eigenvalue weighted by Crippen LogP contribution is 2.29. The first-order valence-corrected chi connectivity index (χ1v) is 11.8. The van der Waals surface area contributed by atoms with Crippen molar-refractivity contribution < 1.29 is 22.4 Å². The zero-order valence-corrected chi connectivity index (χ0v) is 17.4. The van der Waals surface area contributed by atoms with Gasteiger partial charge in [0.25, 0.3) is 10.0 Å². The fraction of sp³-hybridized carbons (Fsp3) is 0.526. The average Bonchev–Trinajstić information content (AvgIpc) is 3.40. The summed E-state index contributed by atoms with van der Waals surface area (Å²) in [7, 11) is -3.53. The summed E-state index contributed by atoms with van der Waals surface area (Å²) in [4.78, 5) is 14.9. The van der Waals surface area contributed by atoms with E-state index in [0.717, 1.165) is 11.5 Å². The van der Waals surface area contributed by atoms with E-state index in [1.165, 1.54) is 15.6 Å². The topological polar surface area (TPSA) is 80.1 Å². The van der Waals surface area contributed by atoms with Crippen LogP contribution in [0.5, 0.6) is 0 Å². The summed E-state index contributed by atoms with van der Waals surface area (Å²) in [6, 6.07) is 7.11. The van der Waals surface area contributed by atoms with Crippen molar-refractivity contribution in [3.63, 3.8) is 0 Å². The van der Waals surface area contributed by atoms with Crippen molar-refractivity contribution in [2.45, 2.75) is 30.1 Å². The van der Waals surface area contributed by atoms with Crippen molar-refractivity contribution in [2.24, 2.45) is 5.92 Å². The molecule has 2 aliphatic heterocycles. The van der Waals surface area contributed by atoms with Crippen molar-refractivity contribution >= 4 is 27.3 Å². The van der Waals surface area contributed by atoms with E-state index in [9.17, 15) is 13.2 Å². The quantitative estimate of drug-likeness (QED) is 0.754. The van der Waals surface area contributed by atoms with Crippen molar-refractivity contribution in [1.29, 1.82) is 0 Å². The van der Waals surface area contributed by atoms with E-state index in [1.54, 1.807) is 22.4 Å². The van der Waals surface area contributed by atoms with Gasteiger partial charge >= 0.3 is 0 Å². The summed E-state index contributed by atoms with van der Waals surface area (Å²) < 4.78 is 38.8. The molecule has 1 amide bonds. The van der Waals surface area contributed by atoms with E-state index in [4.69, 9.17) is 9.15 Å². The molecule has 0 saturated carbocycles. The molecule has 2 fully saturated rings. The summed E-state index contributed by atoms with van der Waals surface area (Å²) >= 11 is 1.21. The third kappa shape index (κ3) is 3.89. The molecule has 4 heterocycles. The first kappa shape index (κ1) is 19.6. The standard InChI is InChI=1S/C19H24N2O5S2/c1-14-6-7-16(26-14)17-13-20(9-10-25-17)19(22)15-4-2-8-21(12-15)28(23,24)18-5-3-11-27-18/h3,5-7,11,15,17H,2,4,8-10,12-13H2,1H3. The average molecular weight is 425 g/mol. The second-order valence-corrected chi connectivity index (χ2v) is 10.3. The van der Waals surface area contributed by atoms with Crippen LogP contribution >= 0.6 is 11.3 Å². The van der Waals surface area contributed by atoms with Gasteiger partial charge in [0.05, 0.1) is 19.1 Å². The van der Waals surface area contributed by atoms with Gasteiger partial charge in [-0.1, -0.05) is 6.07 Å². The summed E-state index contributed by atoms with van der Waals surface area (Å²) in [5.41, 5.74) is 0. The Balaban J connectivity index is 1.44. The second kappa shape index (κ2) is 7.98. The Hall–Kier alpha value is -1.68. The Morgan fingerprint density at radius 2 is 2.07 bits per heavy atom. The Morgan fingerprint density at radius 1 is 1.21 bits per heavy atom. The molecule has 2 unspecified atom stereocenters. The summed E-state index contributed by atoms with van der Waals surface area (Å²) in [5, 5.41) is 1.75. The number of hydrogen-bond donors (Lipinski definition) is 0. The van der Waals surface area contributed by atoms with Gasteiger partial charge in [-0.2, -0.15) is 4.31 Å². The Bertz CT molecular complexity index is 922. The molecule has 7 nitrogen and oxygen atoms in total. The maximum atomic E-state index is 13.1. The molecule has 9 heteroatoms. The number of hydrogen-bond acceptors (Lipinski definition) is 6. The van der Waals surface area contributed by atoms with Crippen LogP contribution in [0.2, 0.25) is 0 Å². The normalized spacial score (nSPS) is 24.4. The van der Waals surface area contributed by atoms with Gasteiger partial charge in [0.2, 0.25) is 5.91 Å². The molecule has 0 bridgehead atoms. The smallest absolute Gasteiger partial charge is 0.252 e. The molecule has 152 valence electrons. The number of ether oxygens (including phenoxy) is 1. The largest absolute Gasteiger partial charge is 0.464 e. The van der Waals surface area contributed by atoms with E-state index in [2.05, 4.69) is 0 Å². The molecule has 2 aromatic rings. The van der Waals surface area contributed by atoms with Crippen LogP contribution in [0, 0.1) is 12.8 Å². The molecule has 0 aliphatic carbocycles. The van der Waals surface area contributed by atoms with Crippen LogP contribution in [0.15, 0.2) is 38.3 Å². The molecule has 2 aromatic heterocycles. The van der Waals surface area contributed by atoms with Crippen LogP contribution in [0.3, 0.4) is 0 Å². The molecular weight excluding hydrogens is 400 g/mol. The molecule has 0 aromatic carbocycles. The number of furan rings is 1. The molecule has 0 spiro atoms. The molecule has 2 saturated heterocycles. The number of carbonyl (C=O) groups excluding carboxylic acids is 1. The molecule has 2 aliphatic rings. The molecular formula is C19H24N2O5S2. The van der Waals surface area contributed by atoms with Crippen molar-refractivity contribution in [3.8, 4) is 0 Å². The van der Waals surface area contributed by atoms with Crippen LogP contribution in [0.25, 0.3) is 0 Å². The van der Waals surface area contributed by atoms with Crippen molar-refractivity contribution in [1.82, 2.24) is 9.21 Å². The molecule has 4 rings (SSSR count). The number of nitrogens with zero attached hydrogens (tertiary/aromatic N) is 2. The number of piperidine rings is 1. The first-order chi connectivity index (χ1) is 13.4. The molecule has 0 radical (unpaired) electrons. The van der Waals surface area contributed by atoms with Crippen LogP contribution in [0.1, 0.15) is 30.5 Å². The number of carbonyl (C=O) groups is 1. The highest BCUT2D eigenvalue weighted by molar-refractivity contribution is 7.91. The van der Waals surface area contributed by atoms with E-state index >= 15 is 0 Å². The van der Waals surface area contributed by atoms with Gasteiger partial charge in [-0.3, -0.25) is 4.79 Å². The van der Waals surface area contributed by atoms with Gasteiger partial charge in [0.1, 0.15) is 21.8 Å². The van der Waals surface area contributed by atoms with Gasteiger partial charge in [-0.25, -0.2) is 8.42 Å². The van der Waals surface area contributed by atoms with Gasteiger partial charge in [0.15, 0.2) is 0 Å². The number of sulfonamides is 1. The van der Waals surface area contributed by atoms with Crippen molar-refractivity contribution in [3.05, 3.63) is 41.2 Å². The van der Waals surface area contributed by atoms with E-state index in [0.29, 0.717) is 43.3 Å². The lowest BCUT2D eigenvalue weighted by molar-refractivity contribution is -0.145. The third-order valence-electron chi connectivity index (χ3n) is 5.28. The number of morpholine rings is 1. The van der Waals surface area contributed by atoms with Crippen LogP contribution in [-0.4, -0.2) is 56.3 Å². The highest BCUT2D eigenvalue weighted by Gasteiger charge is 2.37. The zero-order chi connectivity index (χ0) is 19.7. The third-order valence-corrected chi connectivity index (χ3v) is 8.52. The lowest BCUT2D eigenvalue weighted by Gasteiger charge is -2.37. The lowest BCUT2D eigenvalue weighted by Crippen LogP contribution is -2.49. The van der Waals surface area contributed by atoms with Gasteiger partial charge in [-0.15, -0.1) is 11.3 Å². The van der Waals surface area contributed by atoms with Crippen molar-refractivity contribution in [2.75, 3.05) is 32.8 Å². The van der Waals surface area contributed by atoms with Gasteiger partial charge in [-0.05, 0) is 43.3 Å². The zero-order valence-electron chi connectivity index (χ0n) is 15.7.